The van der Waals surface area contributed by atoms with Crippen molar-refractivity contribution in [2.45, 2.75) is 62.7 Å². The summed E-state index contributed by atoms with van der Waals surface area (Å²) < 4.78 is 0. The molecule has 0 spiro atoms. The van der Waals surface area contributed by atoms with E-state index in [1.807, 2.05) is 24.3 Å². The summed E-state index contributed by atoms with van der Waals surface area (Å²) in [5, 5.41) is 34.5. The summed E-state index contributed by atoms with van der Waals surface area (Å²) in [6, 6.07) is 8.91. The third-order valence-corrected chi connectivity index (χ3v) is 7.55. The van der Waals surface area contributed by atoms with Gasteiger partial charge in [-0.1, -0.05) is 30.3 Å². The van der Waals surface area contributed by atoms with Crippen LogP contribution in [0.1, 0.15) is 36.8 Å². The van der Waals surface area contributed by atoms with Crippen LogP contribution in [0.4, 0.5) is 0 Å². The highest BCUT2D eigenvalue weighted by Crippen LogP contribution is 2.22. The van der Waals surface area contributed by atoms with Crippen LogP contribution < -0.4 is 16.4 Å². The van der Waals surface area contributed by atoms with Gasteiger partial charge in [0.25, 0.3) is 0 Å². The fourth-order valence-electron chi connectivity index (χ4n) is 5.25. The van der Waals surface area contributed by atoms with Crippen molar-refractivity contribution in [1.82, 2.24) is 20.5 Å². The van der Waals surface area contributed by atoms with Gasteiger partial charge in [0.05, 0.1) is 6.04 Å². The Kier molecular flexibility index (Phi) is 9.99. The number of carbonyl (C=O) groups is 5. The maximum absolute atomic E-state index is 13.8. The molecular formula is C30H35N5O8. The molecule has 4 atom stereocenters. The number of hydrogen-bond donors (Lipinski definition) is 7. The minimum Gasteiger partial charge on any atom is -0.508 e. The van der Waals surface area contributed by atoms with Crippen molar-refractivity contribution >= 4 is 40.6 Å². The zero-order chi connectivity index (χ0) is 31.1. The summed E-state index contributed by atoms with van der Waals surface area (Å²) in [4.78, 5) is 67.5. The number of aliphatic carboxylic acids is 2. The molecule has 0 saturated carbocycles. The number of hydrogen-bond acceptors (Lipinski definition) is 7. The molecule has 1 aliphatic heterocycles. The molecule has 3 aromatic rings. The Morgan fingerprint density at radius 1 is 0.977 bits per heavy atom. The van der Waals surface area contributed by atoms with Crippen molar-refractivity contribution in [3.8, 4) is 5.75 Å². The first kappa shape index (κ1) is 31.0. The van der Waals surface area contributed by atoms with E-state index in [-0.39, 0.29) is 38.0 Å². The first-order valence-electron chi connectivity index (χ1n) is 14.0. The van der Waals surface area contributed by atoms with Crippen LogP contribution in [0.15, 0.2) is 54.7 Å². The molecule has 0 radical (unpaired) electrons. The molecule has 2 heterocycles. The third-order valence-electron chi connectivity index (χ3n) is 7.55. The molecule has 1 aromatic heterocycles. The highest BCUT2D eigenvalue weighted by atomic mass is 16.4. The lowest BCUT2D eigenvalue weighted by Gasteiger charge is -2.30. The number of rotatable bonds is 13. The minimum atomic E-state index is -1.25. The molecule has 1 saturated heterocycles. The molecule has 1 aliphatic rings. The van der Waals surface area contributed by atoms with E-state index >= 15 is 0 Å². The number of fused-ring (bicyclic) bond motifs is 1. The number of benzene rings is 2. The fraction of sp³-hybridized carbons (Fsp3) is 0.367. The van der Waals surface area contributed by atoms with E-state index in [0.717, 1.165) is 16.5 Å². The number of phenols is 1. The Balaban J connectivity index is 1.49. The Hall–Kier alpha value is -4.91. The quantitative estimate of drug-likeness (QED) is 0.150. The summed E-state index contributed by atoms with van der Waals surface area (Å²) in [7, 11) is 0. The number of carboxylic acid groups (broad SMARTS) is 2. The van der Waals surface area contributed by atoms with Crippen LogP contribution in [0, 0.1) is 0 Å². The van der Waals surface area contributed by atoms with Crippen molar-refractivity contribution in [2.75, 3.05) is 6.54 Å². The predicted molar refractivity (Wildman–Crippen MR) is 155 cm³/mol. The number of carboxylic acids is 2. The fourth-order valence-corrected chi connectivity index (χ4v) is 5.25. The molecule has 1 fully saturated rings. The van der Waals surface area contributed by atoms with Gasteiger partial charge in [0, 0.05) is 42.9 Å². The number of H-pyrrole nitrogens is 1. The van der Waals surface area contributed by atoms with E-state index in [9.17, 15) is 34.2 Å². The van der Waals surface area contributed by atoms with Crippen LogP contribution in [0.5, 0.6) is 5.75 Å². The molecule has 8 N–H and O–H groups in total. The summed E-state index contributed by atoms with van der Waals surface area (Å²) in [5.41, 5.74) is 8.04. The lowest BCUT2D eigenvalue weighted by atomic mass is 10.0. The SMILES string of the molecule is NC(CCC(=O)O)C(=O)NC(Cc1ccc(O)cc1)C(=O)N1CCCC1C(=O)NC(Cc1c[nH]c2ccccc12)C(=O)O. The highest BCUT2D eigenvalue weighted by Gasteiger charge is 2.39. The second-order valence-electron chi connectivity index (χ2n) is 10.6. The number of likely N-dealkylation sites (tertiary alicyclic amines) is 1. The van der Waals surface area contributed by atoms with E-state index < -0.39 is 53.8 Å². The minimum absolute atomic E-state index is 0.0135. The van der Waals surface area contributed by atoms with Crippen molar-refractivity contribution < 1.29 is 39.3 Å². The normalized spacial score (nSPS) is 16.8. The summed E-state index contributed by atoms with van der Waals surface area (Å²) >= 11 is 0. The molecule has 43 heavy (non-hydrogen) atoms. The van der Waals surface area contributed by atoms with Gasteiger partial charge in [0.2, 0.25) is 17.7 Å². The van der Waals surface area contributed by atoms with Gasteiger partial charge in [-0.2, -0.15) is 0 Å². The van der Waals surface area contributed by atoms with Gasteiger partial charge in [-0.25, -0.2) is 4.79 Å². The predicted octanol–water partition coefficient (Wildman–Crippen LogP) is 0.896. The summed E-state index contributed by atoms with van der Waals surface area (Å²) in [5.74, 6) is -4.22. The number of para-hydroxylation sites is 1. The maximum Gasteiger partial charge on any atom is 0.326 e. The molecular weight excluding hydrogens is 558 g/mol. The van der Waals surface area contributed by atoms with Crippen LogP contribution in [0.2, 0.25) is 0 Å². The average Bonchev–Trinajstić information content (AvgIpc) is 3.63. The number of amides is 3. The number of nitrogens with one attached hydrogen (secondary N) is 3. The van der Waals surface area contributed by atoms with Crippen LogP contribution in [-0.2, 0) is 36.8 Å². The van der Waals surface area contributed by atoms with Crippen molar-refractivity contribution in [2.24, 2.45) is 5.73 Å². The second kappa shape index (κ2) is 13.8. The lowest BCUT2D eigenvalue weighted by Crippen LogP contribution is -2.57. The molecule has 13 nitrogen and oxygen atoms in total. The van der Waals surface area contributed by atoms with Crippen LogP contribution in [0.25, 0.3) is 10.9 Å². The van der Waals surface area contributed by atoms with Crippen LogP contribution in [0.3, 0.4) is 0 Å². The van der Waals surface area contributed by atoms with Gasteiger partial charge >= 0.3 is 11.9 Å². The van der Waals surface area contributed by atoms with E-state index in [1.165, 1.54) is 17.0 Å². The summed E-state index contributed by atoms with van der Waals surface area (Å²) in [6.07, 6.45) is 2.07. The number of nitrogens with zero attached hydrogens (tertiary/aromatic N) is 1. The van der Waals surface area contributed by atoms with Crippen molar-refractivity contribution in [3.05, 3.63) is 65.9 Å². The molecule has 4 unspecified atom stereocenters. The molecule has 4 rings (SSSR count). The van der Waals surface area contributed by atoms with Gasteiger partial charge in [0.1, 0.15) is 23.9 Å². The average molecular weight is 594 g/mol. The molecule has 3 amide bonds. The smallest absolute Gasteiger partial charge is 0.326 e. The monoisotopic (exact) mass is 593 g/mol. The molecule has 0 aliphatic carbocycles. The Labute approximate surface area is 247 Å². The van der Waals surface area contributed by atoms with E-state index in [1.54, 1.807) is 18.3 Å². The Morgan fingerprint density at radius 2 is 1.70 bits per heavy atom. The second-order valence-corrected chi connectivity index (χ2v) is 10.6. The number of phenolic OH excluding ortho intramolecular Hbond substituents is 1. The Bertz CT molecular complexity index is 1490. The summed E-state index contributed by atoms with van der Waals surface area (Å²) in [6.45, 7) is 0.212. The maximum atomic E-state index is 13.8. The first-order valence-corrected chi connectivity index (χ1v) is 14.0. The van der Waals surface area contributed by atoms with E-state index in [2.05, 4.69) is 15.6 Å². The molecule has 228 valence electrons. The van der Waals surface area contributed by atoms with Crippen LogP contribution >= 0.6 is 0 Å². The van der Waals surface area contributed by atoms with Crippen molar-refractivity contribution in [1.29, 1.82) is 0 Å². The molecule has 0 bridgehead atoms. The van der Waals surface area contributed by atoms with Gasteiger partial charge in [0.15, 0.2) is 0 Å². The van der Waals surface area contributed by atoms with E-state index in [4.69, 9.17) is 10.8 Å². The Morgan fingerprint density at radius 3 is 2.40 bits per heavy atom. The highest BCUT2D eigenvalue weighted by molar-refractivity contribution is 5.95. The van der Waals surface area contributed by atoms with Gasteiger partial charge in [-0.05, 0) is 48.6 Å². The number of aromatic amines is 1. The zero-order valence-electron chi connectivity index (χ0n) is 23.4. The molecule has 2 aromatic carbocycles. The lowest BCUT2D eigenvalue weighted by molar-refractivity contribution is -0.145. The largest absolute Gasteiger partial charge is 0.508 e. The number of aromatic hydroxyl groups is 1. The topological polar surface area (TPSA) is 215 Å². The van der Waals surface area contributed by atoms with Crippen LogP contribution in [-0.4, -0.2) is 85.6 Å². The number of carbonyl (C=O) groups excluding carboxylic acids is 3. The number of aromatic nitrogens is 1. The molecule has 13 heteroatoms. The van der Waals surface area contributed by atoms with E-state index in [0.29, 0.717) is 18.4 Å². The first-order chi connectivity index (χ1) is 20.5. The standard InChI is InChI=1S/C30H35N5O8/c31-21(11-12-26(37)38)27(39)33-23(14-17-7-9-19(36)10-8-17)29(41)35-13-3-6-25(35)28(40)34-24(30(42)43)15-18-16-32-22-5-2-1-4-20(18)22/h1-2,4-5,7-10,16,21,23-25,32,36H,3,6,11-15,31H2,(H,33,39)(H,34,40)(H,37,38)(H,42,43). The zero-order valence-corrected chi connectivity index (χ0v) is 23.4. The van der Waals surface area contributed by atoms with Gasteiger partial charge in [-0.3, -0.25) is 19.2 Å². The van der Waals surface area contributed by atoms with Gasteiger partial charge < -0.3 is 41.6 Å². The third kappa shape index (κ3) is 7.89. The van der Waals surface area contributed by atoms with Gasteiger partial charge in [-0.15, -0.1) is 0 Å². The van der Waals surface area contributed by atoms with Crippen molar-refractivity contribution in [3.63, 3.8) is 0 Å². The number of nitrogens with two attached hydrogens (primary N) is 1.